The summed E-state index contributed by atoms with van der Waals surface area (Å²) < 4.78 is 30.8. The summed E-state index contributed by atoms with van der Waals surface area (Å²) >= 11 is 0. The maximum atomic E-state index is 13.1. The van der Waals surface area contributed by atoms with Crippen LogP contribution in [0.1, 0.15) is 30.5 Å². The molecule has 6 rings (SSSR count). The van der Waals surface area contributed by atoms with E-state index < -0.39 is 15.6 Å². The monoisotopic (exact) mass is 454 g/mol. The normalized spacial score (nSPS) is 24.1. The van der Waals surface area contributed by atoms with Gasteiger partial charge in [0.15, 0.2) is 0 Å². The van der Waals surface area contributed by atoms with Gasteiger partial charge in [-0.25, -0.2) is 23.1 Å². The lowest BCUT2D eigenvalue weighted by Crippen LogP contribution is -2.75. The summed E-state index contributed by atoms with van der Waals surface area (Å²) in [6, 6.07) is 5.00. The van der Waals surface area contributed by atoms with Gasteiger partial charge < -0.3 is 10.8 Å². The van der Waals surface area contributed by atoms with Crippen molar-refractivity contribution in [2.45, 2.75) is 43.5 Å². The van der Waals surface area contributed by atoms with E-state index >= 15 is 0 Å². The number of nitrogens with one attached hydrogen (secondary N) is 1. The fourth-order valence-electron chi connectivity index (χ4n) is 5.22. The van der Waals surface area contributed by atoms with E-state index in [9.17, 15) is 13.5 Å². The van der Waals surface area contributed by atoms with Crippen LogP contribution in [0.3, 0.4) is 0 Å². The molecule has 2 heterocycles. The predicted molar refractivity (Wildman–Crippen MR) is 120 cm³/mol. The maximum Gasteiger partial charge on any atom is 0.241 e. The zero-order valence-corrected chi connectivity index (χ0v) is 19.1. The largest absolute Gasteiger partial charge is 0.396 e. The van der Waals surface area contributed by atoms with Gasteiger partial charge in [0.2, 0.25) is 10.0 Å². The van der Waals surface area contributed by atoms with E-state index in [0.717, 1.165) is 16.8 Å². The van der Waals surface area contributed by atoms with Crippen LogP contribution in [-0.4, -0.2) is 45.4 Å². The lowest BCUT2D eigenvalue weighted by Gasteiger charge is -2.69. The summed E-state index contributed by atoms with van der Waals surface area (Å²) in [5.74, 6) is 0.286. The Morgan fingerprint density at radius 2 is 1.94 bits per heavy atom. The number of benzene rings is 1. The maximum absolute atomic E-state index is 13.1. The average Bonchev–Trinajstić information content (AvgIpc) is 3.02. The molecular weight excluding hydrogens is 428 g/mol. The molecule has 10 heteroatoms. The Balaban J connectivity index is 1.50. The highest BCUT2D eigenvalue weighted by Crippen LogP contribution is 2.67. The number of aliphatic hydroxyl groups is 1. The second kappa shape index (κ2) is 6.84. The Morgan fingerprint density at radius 3 is 2.56 bits per heavy atom. The summed E-state index contributed by atoms with van der Waals surface area (Å²) in [4.78, 5) is 9.21. The van der Waals surface area contributed by atoms with Gasteiger partial charge in [0.25, 0.3) is 0 Å². The van der Waals surface area contributed by atoms with E-state index in [-0.39, 0.29) is 22.7 Å². The minimum absolute atomic E-state index is 0.0820. The van der Waals surface area contributed by atoms with Crippen LogP contribution in [0, 0.1) is 19.3 Å². The SMILES string of the molecule is Cc1ccc(S(=O)(=O)NC23CC(CO)(C2)C3)cc1-c1cnc(N)c(-c2cn(C)nc2C)n1. The van der Waals surface area contributed by atoms with E-state index in [1.807, 2.05) is 27.1 Å². The molecule has 0 amide bonds. The average molecular weight is 455 g/mol. The number of anilines is 1. The Bertz CT molecular complexity index is 1330. The summed E-state index contributed by atoms with van der Waals surface area (Å²) in [7, 11) is -1.89. The molecule has 0 atom stereocenters. The van der Waals surface area contributed by atoms with E-state index in [1.54, 1.807) is 29.1 Å². The van der Waals surface area contributed by atoms with Gasteiger partial charge >= 0.3 is 0 Å². The van der Waals surface area contributed by atoms with Crippen LogP contribution in [0.25, 0.3) is 22.5 Å². The molecule has 4 N–H and O–H groups in total. The second-order valence-corrected chi connectivity index (χ2v) is 11.0. The highest BCUT2D eigenvalue weighted by molar-refractivity contribution is 7.89. The van der Waals surface area contributed by atoms with Crippen molar-refractivity contribution < 1.29 is 13.5 Å². The van der Waals surface area contributed by atoms with Crippen LogP contribution in [-0.2, 0) is 17.1 Å². The molecule has 3 aliphatic rings. The van der Waals surface area contributed by atoms with Gasteiger partial charge in [-0.15, -0.1) is 0 Å². The zero-order valence-electron chi connectivity index (χ0n) is 18.3. The number of nitrogens with zero attached hydrogens (tertiary/aromatic N) is 4. The first kappa shape index (κ1) is 21.0. The minimum Gasteiger partial charge on any atom is -0.396 e. The van der Waals surface area contributed by atoms with E-state index in [4.69, 9.17) is 10.7 Å². The number of nitrogen functional groups attached to an aromatic ring is 1. The Labute approximate surface area is 186 Å². The first-order valence-corrected chi connectivity index (χ1v) is 11.9. The topological polar surface area (TPSA) is 136 Å². The van der Waals surface area contributed by atoms with Gasteiger partial charge in [0.1, 0.15) is 11.5 Å². The van der Waals surface area contributed by atoms with Crippen molar-refractivity contribution in [2.24, 2.45) is 12.5 Å². The molecule has 168 valence electrons. The first-order chi connectivity index (χ1) is 15.1. The molecule has 9 nitrogen and oxygen atoms in total. The smallest absolute Gasteiger partial charge is 0.241 e. The third kappa shape index (κ3) is 3.21. The molecule has 0 aliphatic heterocycles. The van der Waals surface area contributed by atoms with Gasteiger partial charge in [-0.2, -0.15) is 5.10 Å². The number of nitrogens with two attached hydrogens (primary N) is 1. The highest BCUT2D eigenvalue weighted by atomic mass is 32.2. The van der Waals surface area contributed by atoms with Gasteiger partial charge in [-0.1, -0.05) is 6.07 Å². The summed E-state index contributed by atoms with van der Waals surface area (Å²) in [5, 5.41) is 13.8. The van der Waals surface area contributed by atoms with Crippen molar-refractivity contribution >= 4 is 15.8 Å². The lowest BCUT2D eigenvalue weighted by atomic mass is 9.40. The zero-order chi connectivity index (χ0) is 22.9. The van der Waals surface area contributed by atoms with Crippen molar-refractivity contribution in [3.63, 3.8) is 0 Å². The fraction of sp³-hybridized carbons (Fsp3) is 0.409. The van der Waals surface area contributed by atoms with Crippen molar-refractivity contribution in [2.75, 3.05) is 12.3 Å². The lowest BCUT2D eigenvalue weighted by molar-refractivity contribution is -0.167. The number of hydrogen-bond acceptors (Lipinski definition) is 7. The molecule has 3 aromatic rings. The van der Waals surface area contributed by atoms with Crippen LogP contribution in [0.15, 0.2) is 35.5 Å². The van der Waals surface area contributed by atoms with Crippen molar-refractivity contribution in [1.29, 1.82) is 0 Å². The van der Waals surface area contributed by atoms with Crippen LogP contribution < -0.4 is 10.5 Å². The first-order valence-electron chi connectivity index (χ1n) is 10.4. The van der Waals surface area contributed by atoms with E-state index in [0.29, 0.717) is 36.2 Å². The Kier molecular flexibility index (Phi) is 4.50. The van der Waals surface area contributed by atoms with Gasteiger partial charge in [0.05, 0.1) is 22.5 Å². The fourth-order valence-corrected chi connectivity index (χ4v) is 6.65. The summed E-state index contributed by atoms with van der Waals surface area (Å²) in [5.41, 5.74) is 9.76. The molecule has 0 spiro atoms. The Hall–Kier alpha value is -2.82. The van der Waals surface area contributed by atoms with Crippen LogP contribution in [0.4, 0.5) is 5.82 Å². The number of aryl methyl sites for hydroxylation is 3. The van der Waals surface area contributed by atoms with Crippen molar-refractivity contribution in [3.8, 4) is 22.5 Å². The number of sulfonamides is 1. The number of aromatic nitrogens is 4. The highest BCUT2D eigenvalue weighted by Gasteiger charge is 2.68. The predicted octanol–water partition coefficient (Wildman–Crippen LogP) is 1.94. The van der Waals surface area contributed by atoms with Crippen molar-refractivity contribution in [3.05, 3.63) is 41.9 Å². The van der Waals surface area contributed by atoms with Gasteiger partial charge in [-0.05, 0) is 56.2 Å². The molecule has 2 aromatic heterocycles. The number of rotatable bonds is 6. The molecule has 2 bridgehead atoms. The third-order valence-corrected chi connectivity index (χ3v) is 8.27. The molecule has 0 unspecified atom stereocenters. The third-order valence-electron chi connectivity index (χ3n) is 6.69. The Morgan fingerprint density at radius 1 is 1.22 bits per heavy atom. The second-order valence-electron chi connectivity index (χ2n) is 9.34. The van der Waals surface area contributed by atoms with Gasteiger partial charge in [0, 0.05) is 36.5 Å². The van der Waals surface area contributed by atoms with Crippen LogP contribution in [0.2, 0.25) is 0 Å². The molecule has 1 aromatic carbocycles. The molecular formula is C22H26N6O3S. The van der Waals surface area contributed by atoms with E-state index in [2.05, 4.69) is 14.8 Å². The quantitative estimate of drug-likeness (QED) is 0.518. The standard InChI is InChI=1S/C22H26N6O3S/c1-13-4-5-15(32(30,31)27-22-9-21(10-22,11-22)12-29)6-16(13)18-7-24-20(23)19(25-18)17-8-28(3)26-14(17)2/h4-8,27,29H,9-12H2,1-3H3,(H2,23,24). The molecule has 0 radical (unpaired) electrons. The van der Waals surface area contributed by atoms with Crippen LogP contribution in [0.5, 0.6) is 0 Å². The van der Waals surface area contributed by atoms with E-state index in [1.165, 1.54) is 0 Å². The summed E-state index contributed by atoms with van der Waals surface area (Å²) in [6.45, 7) is 3.89. The molecule has 3 fully saturated rings. The van der Waals surface area contributed by atoms with Crippen LogP contribution >= 0.6 is 0 Å². The molecule has 3 aliphatic carbocycles. The minimum atomic E-state index is -3.71. The number of hydrogen-bond donors (Lipinski definition) is 3. The summed E-state index contributed by atoms with van der Waals surface area (Å²) in [6.07, 6.45) is 5.45. The number of aliphatic hydroxyl groups excluding tert-OH is 1. The molecule has 0 saturated heterocycles. The molecule has 3 saturated carbocycles. The van der Waals surface area contributed by atoms with Crippen molar-refractivity contribution in [1.82, 2.24) is 24.5 Å². The van der Waals surface area contributed by atoms with Gasteiger partial charge in [-0.3, -0.25) is 4.68 Å². The molecule has 32 heavy (non-hydrogen) atoms.